The molecule has 90 valence electrons. The van der Waals surface area contributed by atoms with Crippen LogP contribution in [0.5, 0.6) is 0 Å². The molecule has 2 heteroatoms. The Hall–Kier alpha value is -2.61. The molecule has 0 N–H and O–H groups in total. The lowest BCUT2D eigenvalue weighted by atomic mass is 10.0. The molecule has 0 saturated carbocycles. The minimum absolute atomic E-state index is 0.679. The van der Waals surface area contributed by atoms with Gasteiger partial charge in [0, 0.05) is 5.56 Å². The number of rotatable bonds is 1. The SMILES string of the molecule is c1ccc2c(-c3nc4ccccc4o3)cccc2c1. The van der Waals surface area contributed by atoms with Gasteiger partial charge in [-0.2, -0.15) is 0 Å². The van der Waals surface area contributed by atoms with Crippen molar-refractivity contribution < 1.29 is 4.42 Å². The van der Waals surface area contributed by atoms with E-state index < -0.39 is 0 Å². The summed E-state index contributed by atoms with van der Waals surface area (Å²) >= 11 is 0. The van der Waals surface area contributed by atoms with Crippen LogP contribution in [0.25, 0.3) is 33.3 Å². The fourth-order valence-corrected chi connectivity index (χ4v) is 2.40. The van der Waals surface area contributed by atoms with Crippen molar-refractivity contribution >= 4 is 21.9 Å². The van der Waals surface area contributed by atoms with Crippen LogP contribution in [-0.4, -0.2) is 4.98 Å². The molecule has 3 aromatic carbocycles. The maximum Gasteiger partial charge on any atom is 0.227 e. The first-order valence-corrected chi connectivity index (χ1v) is 6.25. The molecule has 0 bridgehead atoms. The predicted molar refractivity (Wildman–Crippen MR) is 77.0 cm³/mol. The van der Waals surface area contributed by atoms with E-state index in [1.54, 1.807) is 0 Å². The lowest BCUT2D eigenvalue weighted by Crippen LogP contribution is -1.80. The summed E-state index contributed by atoms with van der Waals surface area (Å²) in [7, 11) is 0. The Morgan fingerprint density at radius 2 is 1.53 bits per heavy atom. The molecule has 1 heterocycles. The van der Waals surface area contributed by atoms with Gasteiger partial charge in [-0.15, -0.1) is 0 Å². The molecular weight excluding hydrogens is 234 g/mol. The molecule has 0 amide bonds. The molecule has 1 aromatic heterocycles. The van der Waals surface area contributed by atoms with Gasteiger partial charge in [0.05, 0.1) is 0 Å². The molecule has 0 unspecified atom stereocenters. The van der Waals surface area contributed by atoms with Gasteiger partial charge in [0.15, 0.2) is 5.58 Å². The topological polar surface area (TPSA) is 26.0 Å². The van der Waals surface area contributed by atoms with E-state index in [4.69, 9.17) is 4.42 Å². The normalized spacial score (nSPS) is 11.2. The Kier molecular flexibility index (Phi) is 2.15. The van der Waals surface area contributed by atoms with E-state index in [-0.39, 0.29) is 0 Å². The Morgan fingerprint density at radius 3 is 2.47 bits per heavy atom. The Morgan fingerprint density at radius 1 is 0.737 bits per heavy atom. The number of fused-ring (bicyclic) bond motifs is 2. The average molecular weight is 245 g/mol. The first-order valence-electron chi connectivity index (χ1n) is 6.25. The monoisotopic (exact) mass is 245 g/mol. The predicted octanol–water partition coefficient (Wildman–Crippen LogP) is 4.65. The molecular formula is C17H11NO. The minimum atomic E-state index is 0.679. The Bertz CT molecular complexity index is 838. The highest BCUT2D eigenvalue weighted by Gasteiger charge is 2.10. The molecule has 2 nitrogen and oxygen atoms in total. The number of benzene rings is 3. The number of oxazole rings is 1. The van der Waals surface area contributed by atoms with Crippen molar-refractivity contribution in [3.63, 3.8) is 0 Å². The van der Waals surface area contributed by atoms with Gasteiger partial charge in [0.2, 0.25) is 5.89 Å². The highest BCUT2D eigenvalue weighted by molar-refractivity contribution is 5.95. The van der Waals surface area contributed by atoms with Crippen molar-refractivity contribution in [3.8, 4) is 11.5 Å². The Balaban J connectivity index is 2.03. The van der Waals surface area contributed by atoms with Gasteiger partial charge in [0.1, 0.15) is 5.52 Å². The van der Waals surface area contributed by atoms with E-state index in [0.717, 1.165) is 22.0 Å². The summed E-state index contributed by atoms with van der Waals surface area (Å²) in [4.78, 5) is 4.57. The van der Waals surface area contributed by atoms with Crippen LogP contribution in [0.4, 0.5) is 0 Å². The zero-order chi connectivity index (χ0) is 12.7. The second-order valence-corrected chi connectivity index (χ2v) is 4.51. The van der Waals surface area contributed by atoms with Crippen LogP contribution < -0.4 is 0 Å². The fourth-order valence-electron chi connectivity index (χ4n) is 2.40. The lowest BCUT2D eigenvalue weighted by molar-refractivity contribution is 0.620. The molecule has 0 saturated heterocycles. The summed E-state index contributed by atoms with van der Waals surface area (Å²) < 4.78 is 5.85. The van der Waals surface area contributed by atoms with Crippen molar-refractivity contribution in [2.45, 2.75) is 0 Å². The van der Waals surface area contributed by atoms with Crippen LogP contribution in [0.15, 0.2) is 71.1 Å². The number of nitrogens with zero attached hydrogens (tertiary/aromatic N) is 1. The molecule has 0 fully saturated rings. The van der Waals surface area contributed by atoms with Crippen molar-refractivity contribution in [1.29, 1.82) is 0 Å². The molecule has 0 aliphatic heterocycles. The van der Waals surface area contributed by atoms with Gasteiger partial charge in [-0.1, -0.05) is 48.5 Å². The zero-order valence-electron chi connectivity index (χ0n) is 10.2. The first-order chi connectivity index (χ1) is 9.42. The van der Waals surface area contributed by atoms with Crippen LogP contribution in [0.2, 0.25) is 0 Å². The number of hydrogen-bond donors (Lipinski definition) is 0. The van der Waals surface area contributed by atoms with E-state index in [2.05, 4.69) is 23.2 Å². The summed E-state index contributed by atoms with van der Waals surface area (Å²) in [5, 5.41) is 2.36. The second-order valence-electron chi connectivity index (χ2n) is 4.51. The molecule has 4 aromatic rings. The average Bonchev–Trinajstić information content (AvgIpc) is 2.90. The van der Waals surface area contributed by atoms with Gasteiger partial charge in [0.25, 0.3) is 0 Å². The molecule has 0 radical (unpaired) electrons. The summed E-state index contributed by atoms with van der Waals surface area (Å²) in [6.07, 6.45) is 0. The summed E-state index contributed by atoms with van der Waals surface area (Å²) in [5.74, 6) is 0.679. The number of hydrogen-bond acceptors (Lipinski definition) is 2. The van der Waals surface area contributed by atoms with Gasteiger partial charge in [-0.25, -0.2) is 4.98 Å². The van der Waals surface area contributed by atoms with Crippen LogP contribution in [0.1, 0.15) is 0 Å². The van der Waals surface area contributed by atoms with Crippen LogP contribution >= 0.6 is 0 Å². The third-order valence-electron chi connectivity index (χ3n) is 3.31. The van der Waals surface area contributed by atoms with Crippen LogP contribution in [-0.2, 0) is 0 Å². The van der Waals surface area contributed by atoms with Crippen molar-refractivity contribution in [1.82, 2.24) is 4.98 Å². The molecule has 0 atom stereocenters. The Labute approximate surface area is 110 Å². The third-order valence-corrected chi connectivity index (χ3v) is 3.31. The number of para-hydroxylation sites is 2. The smallest absolute Gasteiger partial charge is 0.227 e. The van der Waals surface area contributed by atoms with E-state index >= 15 is 0 Å². The van der Waals surface area contributed by atoms with E-state index in [1.807, 2.05) is 48.5 Å². The van der Waals surface area contributed by atoms with E-state index in [1.165, 1.54) is 5.39 Å². The quantitative estimate of drug-likeness (QED) is 0.488. The fraction of sp³-hybridized carbons (Fsp3) is 0. The maximum absolute atomic E-state index is 5.85. The first kappa shape index (κ1) is 10.3. The highest BCUT2D eigenvalue weighted by Crippen LogP contribution is 2.30. The van der Waals surface area contributed by atoms with Gasteiger partial charge in [-0.05, 0) is 29.0 Å². The third kappa shape index (κ3) is 1.61. The van der Waals surface area contributed by atoms with Crippen molar-refractivity contribution in [2.24, 2.45) is 0 Å². The molecule has 0 spiro atoms. The van der Waals surface area contributed by atoms with Crippen LogP contribution in [0.3, 0.4) is 0 Å². The van der Waals surface area contributed by atoms with E-state index in [9.17, 15) is 0 Å². The number of aromatic nitrogens is 1. The second kappa shape index (κ2) is 3.95. The highest BCUT2D eigenvalue weighted by atomic mass is 16.3. The summed E-state index contributed by atoms with van der Waals surface area (Å²) in [6.45, 7) is 0. The summed E-state index contributed by atoms with van der Waals surface area (Å²) in [5.41, 5.74) is 2.75. The van der Waals surface area contributed by atoms with E-state index in [0.29, 0.717) is 5.89 Å². The van der Waals surface area contributed by atoms with Crippen LogP contribution in [0, 0.1) is 0 Å². The van der Waals surface area contributed by atoms with Crippen molar-refractivity contribution in [3.05, 3.63) is 66.7 Å². The minimum Gasteiger partial charge on any atom is -0.436 e. The molecule has 4 rings (SSSR count). The standard InChI is InChI=1S/C17H11NO/c1-2-8-13-12(6-1)7-5-9-14(13)17-18-15-10-3-4-11-16(15)19-17/h1-11H. The largest absolute Gasteiger partial charge is 0.436 e. The molecule has 0 aliphatic carbocycles. The van der Waals surface area contributed by atoms with Gasteiger partial charge in [-0.3, -0.25) is 0 Å². The molecule has 0 aliphatic rings. The maximum atomic E-state index is 5.85. The summed E-state index contributed by atoms with van der Waals surface area (Å²) in [6, 6.07) is 22.3. The van der Waals surface area contributed by atoms with Crippen molar-refractivity contribution in [2.75, 3.05) is 0 Å². The lowest BCUT2D eigenvalue weighted by Gasteiger charge is -2.01. The zero-order valence-corrected chi connectivity index (χ0v) is 10.2. The van der Waals surface area contributed by atoms with Gasteiger partial charge < -0.3 is 4.42 Å². The molecule has 19 heavy (non-hydrogen) atoms. The van der Waals surface area contributed by atoms with Gasteiger partial charge >= 0.3 is 0 Å².